The Balaban J connectivity index is 1.72. The fraction of sp³-hybridized carbons (Fsp3) is 1.00. The minimum Gasteiger partial charge on any atom is -0.0741 e. The van der Waals surface area contributed by atoms with Gasteiger partial charge < -0.3 is 0 Å². The number of rotatable bonds is 0. The smallest absolute Gasteiger partial charge is 0.0741 e. The van der Waals surface area contributed by atoms with Crippen molar-refractivity contribution in [3.63, 3.8) is 0 Å². The molecule has 3 atom stereocenters. The van der Waals surface area contributed by atoms with Gasteiger partial charge in [0.05, 0.1) is 0 Å². The van der Waals surface area contributed by atoms with E-state index >= 15 is 0 Å². The summed E-state index contributed by atoms with van der Waals surface area (Å²) in [6, 6.07) is 0. The quantitative estimate of drug-likeness (QED) is 0.508. The molecule has 3 unspecified atom stereocenters. The Bertz CT molecular complexity index is 219. The highest BCUT2D eigenvalue weighted by atomic mass is 14.3. The van der Waals surface area contributed by atoms with Crippen LogP contribution < -0.4 is 0 Å². The molecule has 3 rings (SSSR count). The third kappa shape index (κ3) is 2.66. The van der Waals surface area contributed by atoms with Crippen molar-refractivity contribution in [2.24, 2.45) is 17.8 Å². The van der Waals surface area contributed by atoms with Crippen LogP contribution >= 0.6 is 0 Å². The Morgan fingerprint density at radius 1 is 0.625 bits per heavy atom. The largest absolute Gasteiger partial charge is 0.140 e. The average Bonchev–Trinajstić information content (AvgIpc) is 2.43. The van der Waals surface area contributed by atoms with Crippen molar-refractivity contribution in [3.05, 3.63) is 0 Å². The monoisotopic (exact) mass is 218 g/mol. The summed E-state index contributed by atoms with van der Waals surface area (Å²) >= 11 is 0. The van der Waals surface area contributed by atoms with E-state index in [1.54, 1.807) is 51.1 Å². The second-order valence-electron chi connectivity index (χ2n) is 6.98. The predicted octanol–water partition coefficient (Wildman–Crippen LogP) is 4.88. The highest BCUT2D eigenvalue weighted by Crippen LogP contribution is 2.44. The van der Waals surface area contributed by atoms with E-state index in [2.05, 4.69) is 0 Å². The van der Waals surface area contributed by atoms with Crippen molar-refractivity contribution in [2.45, 2.75) is 76.7 Å². The summed E-state index contributed by atoms with van der Waals surface area (Å²) in [4.78, 5) is 0. The normalized spacial score (nSPS) is 40.5. The van der Waals surface area contributed by atoms with E-state index < -0.39 is 0 Å². The summed E-state index contributed by atoms with van der Waals surface area (Å²) in [5.74, 6) is 3.39. The zero-order valence-corrected chi connectivity index (χ0v) is 10.8. The number of fused-ring (bicyclic) bond motifs is 3. The highest BCUT2D eigenvalue weighted by Gasteiger charge is 2.34. The molecule has 0 radical (unpaired) electrons. The van der Waals surface area contributed by atoms with E-state index in [1.807, 2.05) is 0 Å². The zero-order valence-electron chi connectivity index (χ0n) is 10.8. The van der Waals surface area contributed by atoms with Crippen molar-refractivity contribution in [1.29, 1.82) is 0 Å². The topological polar surface area (TPSA) is 0 Å². The first-order chi connectivity index (χ1) is 7.90. The van der Waals surface area contributed by atoms with Gasteiger partial charge in [0.15, 0.2) is 0 Å². The summed E-state index contributed by atoms with van der Waals surface area (Å²) in [5.41, 5.74) is 0. The maximum absolute atomic E-state index is 1.60. The Labute approximate surface area is 102 Å². The summed E-state index contributed by atoms with van der Waals surface area (Å²) in [7, 11) is 0. The number of hydrogen-bond donors (Lipinski definition) is 0. The summed E-state index contributed by atoms with van der Waals surface area (Å²) in [6.45, 7) is 1.12. The predicted molar refractivity (Wildman–Crippen MR) is 72.2 cm³/mol. The van der Waals surface area contributed by atoms with Gasteiger partial charge in [0.25, 0.3) is 0 Å². The zero-order chi connectivity index (χ0) is 10.8. The van der Waals surface area contributed by atoms with Crippen LogP contribution in [0.4, 0.5) is 0 Å². The first-order valence-electron chi connectivity index (χ1n) is 7.90. The van der Waals surface area contributed by atoms with Crippen molar-refractivity contribution in [1.82, 2.24) is 0 Å². The Kier molecular flexibility index (Phi) is 3.59. The van der Waals surface area contributed by atoms with Crippen molar-refractivity contribution in [3.8, 4) is 0 Å². The van der Waals surface area contributed by atoms with Gasteiger partial charge in [-0.2, -0.15) is 0 Å². The maximum Gasteiger partial charge on any atom is 0.140 e. The molecule has 0 nitrogen and oxygen atoms in total. The SMILES string of the molecule is C1CCCC2CC3CCB(CC1)CC(C2)C3. The minimum absolute atomic E-state index is 1.12. The lowest BCUT2D eigenvalue weighted by Crippen LogP contribution is -2.22. The lowest BCUT2D eigenvalue weighted by Gasteiger charge is -2.33. The van der Waals surface area contributed by atoms with Crippen LogP contribution in [0.3, 0.4) is 0 Å². The molecule has 3 aliphatic rings. The van der Waals surface area contributed by atoms with Crippen molar-refractivity contribution in [2.75, 3.05) is 0 Å². The van der Waals surface area contributed by atoms with Gasteiger partial charge in [-0.05, 0) is 37.0 Å². The molecule has 2 aliphatic heterocycles. The second kappa shape index (κ2) is 5.15. The summed E-state index contributed by atoms with van der Waals surface area (Å²) < 4.78 is 0. The maximum atomic E-state index is 1.60. The van der Waals surface area contributed by atoms with Crippen LogP contribution in [0.5, 0.6) is 0 Å². The van der Waals surface area contributed by atoms with Crippen LogP contribution in [0, 0.1) is 17.8 Å². The molecule has 0 aromatic rings. The van der Waals surface area contributed by atoms with Crippen LogP contribution in [0.15, 0.2) is 0 Å². The Morgan fingerprint density at radius 2 is 1.38 bits per heavy atom. The lowest BCUT2D eigenvalue weighted by molar-refractivity contribution is 0.196. The Hall–Kier alpha value is 0.0649. The van der Waals surface area contributed by atoms with Gasteiger partial charge in [-0.3, -0.25) is 0 Å². The Morgan fingerprint density at radius 3 is 2.31 bits per heavy atom. The van der Waals surface area contributed by atoms with Crippen LogP contribution in [0.25, 0.3) is 0 Å². The van der Waals surface area contributed by atoms with E-state index in [1.165, 1.54) is 25.7 Å². The van der Waals surface area contributed by atoms with Gasteiger partial charge in [0.1, 0.15) is 6.71 Å². The van der Waals surface area contributed by atoms with E-state index in [-0.39, 0.29) is 0 Å². The van der Waals surface area contributed by atoms with Crippen LogP contribution in [-0.4, -0.2) is 6.71 Å². The van der Waals surface area contributed by atoms with Gasteiger partial charge in [0, 0.05) is 0 Å². The van der Waals surface area contributed by atoms with E-state index in [0.29, 0.717) is 0 Å². The van der Waals surface area contributed by atoms with Crippen LogP contribution in [-0.2, 0) is 0 Å². The molecule has 0 amide bonds. The molecule has 90 valence electrons. The molecule has 2 saturated heterocycles. The van der Waals surface area contributed by atoms with Crippen molar-refractivity contribution < 1.29 is 0 Å². The molecule has 16 heavy (non-hydrogen) atoms. The minimum atomic E-state index is 1.12. The fourth-order valence-corrected chi connectivity index (χ4v) is 4.91. The van der Waals surface area contributed by atoms with Crippen molar-refractivity contribution >= 4 is 6.71 Å². The van der Waals surface area contributed by atoms with E-state index in [4.69, 9.17) is 0 Å². The molecule has 3 fully saturated rings. The average molecular weight is 218 g/mol. The standard InChI is InChI=1S/C15H27B/c1-2-4-7-16-8-6-14-9-13(5-3-1)10-15(11-14)12-16/h13-15H,1-12H2. The molecular formula is C15H27B. The third-order valence-corrected chi connectivity index (χ3v) is 5.62. The van der Waals surface area contributed by atoms with Gasteiger partial charge in [-0.15, -0.1) is 0 Å². The van der Waals surface area contributed by atoms with Gasteiger partial charge in [-0.25, -0.2) is 0 Å². The third-order valence-electron chi connectivity index (χ3n) is 5.62. The molecule has 1 heteroatoms. The molecule has 0 N–H and O–H groups in total. The summed E-state index contributed by atoms with van der Waals surface area (Å²) in [5, 5.41) is 0. The molecular weight excluding hydrogens is 191 g/mol. The molecule has 1 aliphatic carbocycles. The highest BCUT2D eigenvalue weighted by molar-refractivity contribution is 6.58. The van der Waals surface area contributed by atoms with Gasteiger partial charge in [0.2, 0.25) is 0 Å². The second-order valence-corrected chi connectivity index (χ2v) is 6.98. The van der Waals surface area contributed by atoms with E-state index in [9.17, 15) is 0 Å². The molecule has 4 bridgehead atoms. The summed E-state index contributed by atoms with van der Waals surface area (Å²) in [6.07, 6.45) is 18.8. The molecule has 0 aromatic heterocycles. The van der Waals surface area contributed by atoms with Crippen LogP contribution in [0.1, 0.15) is 57.8 Å². The first-order valence-corrected chi connectivity index (χ1v) is 7.90. The fourth-order valence-electron chi connectivity index (χ4n) is 4.91. The first kappa shape index (κ1) is 11.2. The molecule has 0 aromatic carbocycles. The van der Waals surface area contributed by atoms with Crippen LogP contribution in [0.2, 0.25) is 19.0 Å². The lowest BCUT2D eigenvalue weighted by atomic mass is 9.40. The molecule has 1 saturated carbocycles. The molecule has 0 spiro atoms. The van der Waals surface area contributed by atoms with E-state index in [0.717, 1.165) is 24.5 Å². The van der Waals surface area contributed by atoms with Gasteiger partial charge in [-0.1, -0.05) is 57.5 Å². The number of hydrogen-bond acceptors (Lipinski definition) is 0. The van der Waals surface area contributed by atoms with Gasteiger partial charge >= 0.3 is 0 Å². The molecule has 2 heterocycles.